The van der Waals surface area contributed by atoms with Gasteiger partial charge in [0, 0.05) is 12.0 Å². The summed E-state index contributed by atoms with van der Waals surface area (Å²) < 4.78 is 11.3. The van der Waals surface area contributed by atoms with Crippen LogP contribution in [0.4, 0.5) is 4.79 Å². The van der Waals surface area contributed by atoms with Crippen LogP contribution in [0.2, 0.25) is 0 Å². The standard InChI is InChI=1S/C38H57N3O6/c1-13-25(3)30(40-35(45)47-37(8,9)10)33(43)41(38(11,12)14-2)31(28-23-19-18-20-26(28)4)32(42)39-29(34(44)46-36(5,6)7)24-27-21-16-15-17-22-27/h15-23,25,29-31H,13-14,24H2,1-12H3,(H,39,42)(H,40,45). The lowest BCUT2D eigenvalue weighted by molar-refractivity contribution is -0.159. The molecule has 0 radical (unpaired) electrons. The third kappa shape index (κ3) is 11.7. The van der Waals surface area contributed by atoms with Crippen LogP contribution in [0, 0.1) is 12.8 Å². The van der Waals surface area contributed by atoms with Gasteiger partial charge in [-0.15, -0.1) is 0 Å². The first-order valence-electron chi connectivity index (χ1n) is 16.7. The molecule has 0 aliphatic heterocycles. The summed E-state index contributed by atoms with van der Waals surface area (Å²) in [5, 5.41) is 5.80. The molecule has 4 atom stereocenters. The number of ether oxygens (including phenoxy) is 2. The molecular weight excluding hydrogens is 594 g/mol. The lowest BCUT2D eigenvalue weighted by Crippen LogP contribution is -2.61. The molecule has 0 spiro atoms. The van der Waals surface area contributed by atoms with Crippen molar-refractivity contribution >= 4 is 23.9 Å². The minimum atomic E-state index is -1.13. The molecule has 0 aliphatic rings. The topological polar surface area (TPSA) is 114 Å². The third-order valence-corrected chi connectivity index (χ3v) is 8.19. The van der Waals surface area contributed by atoms with Crippen molar-refractivity contribution in [3.8, 4) is 0 Å². The minimum absolute atomic E-state index is 0.197. The van der Waals surface area contributed by atoms with Crippen molar-refractivity contribution in [1.29, 1.82) is 0 Å². The van der Waals surface area contributed by atoms with Crippen molar-refractivity contribution in [2.45, 2.75) is 137 Å². The maximum atomic E-state index is 14.9. The second-order valence-corrected chi connectivity index (χ2v) is 14.9. The Kier molecular flexibility index (Phi) is 13.6. The van der Waals surface area contributed by atoms with Gasteiger partial charge in [0.25, 0.3) is 0 Å². The molecule has 0 heterocycles. The van der Waals surface area contributed by atoms with E-state index in [4.69, 9.17) is 9.47 Å². The molecule has 3 amide bonds. The maximum Gasteiger partial charge on any atom is 0.408 e. The maximum absolute atomic E-state index is 14.9. The number of nitrogens with zero attached hydrogens (tertiary/aromatic N) is 1. The summed E-state index contributed by atoms with van der Waals surface area (Å²) >= 11 is 0. The Morgan fingerprint density at radius 1 is 0.787 bits per heavy atom. The summed E-state index contributed by atoms with van der Waals surface area (Å²) in [5.41, 5.74) is -0.138. The molecule has 0 fully saturated rings. The molecule has 0 bridgehead atoms. The third-order valence-electron chi connectivity index (χ3n) is 8.19. The van der Waals surface area contributed by atoms with Crippen LogP contribution in [0.1, 0.15) is 112 Å². The molecule has 2 aromatic carbocycles. The van der Waals surface area contributed by atoms with Crippen molar-refractivity contribution in [2.75, 3.05) is 0 Å². The Morgan fingerprint density at radius 3 is 1.85 bits per heavy atom. The van der Waals surface area contributed by atoms with Crippen LogP contribution in [0.3, 0.4) is 0 Å². The number of amides is 3. The van der Waals surface area contributed by atoms with Crippen molar-refractivity contribution in [3.05, 3.63) is 71.3 Å². The normalized spacial score (nSPS) is 14.6. The Balaban J connectivity index is 2.73. The quantitative estimate of drug-likeness (QED) is 0.224. The van der Waals surface area contributed by atoms with Crippen LogP contribution < -0.4 is 10.6 Å². The Morgan fingerprint density at radius 2 is 1.34 bits per heavy atom. The van der Waals surface area contributed by atoms with Gasteiger partial charge in [0.15, 0.2) is 0 Å². The van der Waals surface area contributed by atoms with Gasteiger partial charge in [-0.05, 0) is 91.3 Å². The largest absolute Gasteiger partial charge is 0.458 e. The van der Waals surface area contributed by atoms with Crippen molar-refractivity contribution in [3.63, 3.8) is 0 Å². The highest BCUT2D eigenvalue weighted by Gasteiger charge is 2.45. The lowest BCUT2D eigenvalue weighted by atomic mass is 9.88. The predicted molar refractivity (Wildman–Crippen MR) is 186 cm³/mol. The summed E-state index contributed by atoms with van der Waals surface area (Å²) in [5.74, 6) is -1.80. The number of rotatable bonds is 13. The fourth-order valence-electron chi connectivity index (χ4n) is 5.17. The molecule has 2 aromatic rings. The van der Waals surface area contributed by atoms with Crippen LogP contribution >= 0.6 is 0 Å². The number of carbonyl (C=O) groups is 4. The lowest BCUT2D eigenvalue weighted by Gasteiger charge is -2.45. The highest BCUT2D eigenvalue weighted by molar-refractivity contribution is 5.94. The molecule has 0 aromatic heterocycles. The molecule has 4 unspecified atom stereocenters. The van der Waals surface area contributed by atoms with E-state index in [0.717, 1.165) is 11.1 Å². The number of esters is 1. The van der Waals surface area contributed by atoms with Gasteiger partial charge in [0.2, 0.25) is 11.8 Å². The van der Waals surface area contributed by atoms with Crippen LogP contribution in [-0.4, -0.2) is 57.6 Å². The van der Waals surface area contributed by atoms with Crippen molar-refractivity contribution < 1.29 is 28.7 Å². The van der Waals surface area contributed by atoms with Crippen LogP contribution in [0.15, 0.2) is 54.6 Å². The zero-order valence-electron chi connectivity index (χ0n) is 30.5. The second kappa shape index (κ2) is 16.3. The first kappa shape index (κ1) is 39.3. The second-order valence-electron chi connectivity index (χ2n) is 14.9. The van der Waals surface area contributed by atoms with Crippen LogP contribution in [0.25, 0.3) is 0 Å². The molecule has 0 saturated heterocycles. The van der Waals surface area contributed by atoms with Gasteiger partial charge in [-0.3, -0.25) is 9.59 Å². The number of hydrogen-bond donors (Lipinski definition) is 2. The van der Waals surface area contributed by atoms with E-state index in [1.54, 1.807) is 46.4 Å². The van der Waals surface area contributed by atoms with Gasteiger partial charge >= 0.3 is 12.1 Å². The van der Waals surface area contributed by atoms with Crippen LogP contribution in [0.5, 0.6) is 0 Å². The molecule has 9 nitrogen and oxygen atoms in total. The van der Waals surface area contributed by atoms with Gasteiger partial charge in [-0.25, -0.2) is 9.59 Å². The van der Waals surface area contributed by atoms with E-state index in [9.17, 15) is 19.2 Å². The molecule has 260 valence electrons. The number of aryl methyl sites for hydroxylation is 1. The summed E-state index contributed by atoms with van der Waals surface area (Å²) in [7, 11) is 0. The SMILES string of the molecule is CCC(C)C(NC(=O)OC(C)(C)C)C(=O)N(C(C(=O)NC(Cc1ccccc1)C(=O)OC(C)(C)C)c1ccccc1C)C(C)(C)CC. The van der Waals surface area contributed by atoms with Gasteiger partial charge in [-0.2, -0.15) is 0 Å². The van der Waals surface area contributed by atoms with Crippen LogP contribution in [-0.2, 0) is 30.3 Å². The zero-order chi connectivity index (χ0) is 35.7. The number of hydrogen-bond acceptors (Lipinski definition) is 6. The van der Waals surface area contributed by atoms with Gasteiger partial charge in [-0.1, -0.05) is 81.8 Å². The first-order valence-corrected chi connectivity index (χ1v) is 16.7. The van der Waals surface area contributed by atoms with E-state index in [0.29, 0.717) is 18.4 Å². The van der Waals surface area contributed by atoms with Crippen molar-refractivity contribution in [1.82, 2.24) is 15.5 Å². The smallest absolute Gasteiger partial charge is 0.408 e. The van der Waals surface area contributed by atoms with E-state index >= 15 is 0 Å². The van der Waals surface area contributed by atoms with E-state index in [1.165, 1.54) is 0 Å². The zero-order valence-corrected chi connectivity index (χ0v) is 30.5. The highest BCUT2D eigenvalue weighted by atomic mass is 16.6. The fourth-order valence-corrected chi connectivity index (χ4v) is 5.17. The van der Waals surface area contributed by atoms with Gasteiger partial charge < -0.3 is 25.0 Å². The van der Waals surface area contributed by atoms with E-state index in [-0.39, 0.29) is 12.3 Å². The molecule has 0 saturated carbocycles. The summed E-state index contributed by atoms with van der Waals surface area (Å²) in [4.78, 5) is 57.8. The van der Waals surface area contributed by atoms with E-state index in [1.807, 2.05) is 96.1 Å². The minimum Gasteiger partial charge on any atom is -0.458 e. The first-order chi connectivity index (χ1) is 21.7. The number of nitrogens with one attached hydrogen (secondary N) is 2. The summed E-state index contributed by atoms with van der Waals surface area (Å²) in [6.07, 6.45) is 0.581. The number of carbonyl (C=O) groups excluding carboxylic acids is 4. The number of benzene rings is 2. The molecule has 47 heavy (non-hydrogen) atoms. The predicted octanol–water partition coefficient (Wildman–Crippen LogP) is 7.06. The molecular formula is C38H57N3O6. The Hall–Kier alpha value is -3.88. The molecule has 9 heteroatoms. The average molecular weight is 652 g/mol. The Bertz CT molecular complexity index is 1360. The van der Waals surface area contributed by atoms with E-state index in [2.05, 4.69) is 10.6 Å². The molecule has 0 aliphatic carbocycles. The Labute approximate surface area is 282 Å². The monoisotopic (exact) mass is 651 g/mol. The van der Waals surface area contributed by atoms with E-state index < -0.39 is 58.7 Å². The van der Waals surface area contributed by atoms with Gasteiger partial charge in [0.05, 0.1) is 0 Å². The molecule has 2 rings (SSSR count). The highest BCUT2D eigenvalue weighted by Crippen LogP contribution is 2.35. The summed E-state index contributed by atoms with van der Waals surface area (Å²) in [6.45, 7) is 22.1. The fraction of sp³-hybridized carbons (Fsp3) is 0.579. The molecule has 2 N–H and O–H groups in total. The average Bonchev–Trinajstić information content (AvgIpc) is 2.96. The van der Waals surface area contributed by atoms with Gasteiger partial charge in [0.1, 0.15) is 29.3 Å². The van der Waals surface area contributed by atoms with Crippen molar-refractivity contribution in [2.24, 2.45) is 5.92 Å². The summed E-state index contributed by atoms with van der Waals surface area (Å²) in [6, 6.07) is 13.7. The number of alkyl carbamates (subject to hydrolysis) is 1.